The lowest BCUT2D eigenvalue weighted by Crippen LogP contribution is -2.33. The molecule has 3 aromatic heterocycles. The summed E-state index contributed by atoms with van der Waals surface area (Å²) in [5, 5.41) is 9.41. The number of rotatable bonds is 5. The predicted molar refractivity (Wildman–Crippen MR) is 84.3 cm³/mol. The van der Waals surface area contributed by atoms with Crippen LogP contribution in [0, 0.1) is 0 Å². The molecule has 0 aliphatic carbocycles. The first-order valence-electron chi connectivity index (χ1n) is 6.67. The average molecular weight is 300 g/mol. The second-order valence-electron chi connectivity index (χ2n) is 4.49. The fourth-order valence-corrected chi connectivity index (χ4v) is 2.71. The number of thiophene rings is 1. The zero-order chi connectivity index (χ0) is 14.5. The van der Waals surface area contributed by atoms with Gasteiger partial charge in [0.05, 0.1) is 18.4 Å². The van der Waals surface area contributed by atoms with Crippen molar-refractivity contribution in [2.24, 2.45) is 10.7 Å². The number of guanidine groups is 1. The van der Waals surface area contributed by atoms with E-state index in [1.54, 1.807) is 28.2 Å². The number of aliphatic imine (C=N–C) groups is 1. The maximum atomic E-state index is 5.88. The summed E-state index contributed by atoms with van der Waals surface area (Å²) in [6, 6.07) is 7.92. The van der Waals surface area contributed by atoms with E-state index < -0.39 is 0 Å². The third-order valence-corrected chi connectivity index (χ3v) is 3.97. The molecule has 6 nitrogen and oxygen atoms in total. The Morgan fingerprint density at radius 3 is 3.14 bits per heavy atom. The van der Waals surface area contributed by atoms with Crippen LogP contribution in [0.4, 0.5) is 0 Å². The summed E-state index contributed by atoms with van der Waals surface area (Å²) in [6.45, 7) is 1.25. The van der Waals surface area contributed by atoms with Gasteiger partial charge in [-0.1, -0.05) is 6.07 Å². The zero-order valence-corrected chi connectivity index (χ0v) is 12.3. The first kappa shape index (κ1) is 13.6. The van der Waals surface area contributed by atoms with Crippen LogP contribution in [-0.4, -0.2) is 27.1 Å². The smallest absolute Gasteiger partial charge is 0.188 e. The van der Waals surface area contributed by atoms with Gasteiger partial charge in [-0.05, 0) is 23.9 Å². The van der Waals surface area contributed by atoms with Crippen LogP contribution >= 0.6 is 11.3 Å². The number of hydrogen-bond donors (Lipinski definition) is 2. The van der Waals surface area contributed by atoms with Gasteiger partial charge in [-0.2, -0.15) is 5.10 Å². The van der Waals surface area contributed by atoms with E-state index in [1.165, 1.54) is 4.88 Å². The van der Waals surface area contributed by atoms with Crippen molar-refractivity contribution in [2.75, 3.05) is 6.54 Å². The lowest BCUT2D eigenvalue weighted by Gasteiger charge is -2.05. The molecule has 0 fully saturated rings. The lowest BCUT2D eigenvalue weighted by molar-refractivity contribution is 0.817. The number of aromatic nitrogens is 3. The summed E-state index contributed by atoms with van der Waals surface area (Å²) >= 11 is 1.75. The monoisotopic (exact) mass is 300 g/mol. The fraction of sp³-hybridized carbons (Fsp3) is 0.214. The highest BCUT2D eigenvalue weighted by Crippen LogP contribution is 2.08. The van der Waals surface area contributed by atoms with Gasteiger partial charge in [0.1, 0.15) is 0 Å². The normalized spacial score (nSPS) is 11.9. The second kappa shape index (κ2) is 6.36. The summed E-state index contributed by atoms with van der Waals surface area (Å²) in [5.41, 5.74) is 7.64. The van der Waals surface area contributed by atoms with Crippen molar-refractivity contribution in [1.29, 1.82) is 0 Å². The molecule has 0 saturated carbocycles. The first-order valence-corrected chi connectivity index (χ1v) is 7.55. The standard InChI is InChI=1S/C14H16N6S/c15-14(17-7-4-12-2-1-9-21-12)18-10-11-3-6-16-13-5-8-19-20(11)13/h1-3,5-6,8-9H,4,7,10H2,(H3,15,17,18). The minimum atomic E-state index is 0.448. The van der Waals surface area contributed by atoms with E-state index in [9.17, 15) is 0 Å². The minimum Gasteiger partial charge on any atom is -0.370 e. The van der Waals surface area contributed by atoms with E-state index in [0.29, 0.717) is 12.5 Å². The zero-order valence-electron chi connectivity index (χ0n) is 11.4. The van der Waals surface area contributed by atoms with Gasteiger partial charge in [0.2, 0.25) is 0 Å². The Balaban J connectivity index is 1.56. The van der Waals surface area contributed by atoms with Crippen molar-refractivity contribution in [3.8, 4) is 0 Å². The molecule has 0 bridgehead atoms. The summed E-state index contributed by atoms with van der Waals surface area (Å²) in [4.78, 5) is 9.89. The molecule has 108 valence electrons. The molecule has 3 N–H and O–H groups in total. The number of nitrogens with zero attached hydrogens (tertiary/aromatic N) is 4. The Kier molecular flexibility index (Phi) is 4.11. The topological polar surface area (TPSA) is 80.6 Å². The molecule has 0 radical (unpaired) electrons. The molecule has 0 aliphatic rings. The molecule has 3 heterocycles. The lowest BCUT2D eigenvalue weighted by atomic mass is 10.3. The van der Waals surface area contributed by atoms with Crippen LogP contribution in [0.2, 0.25) is 0 Å². The number of nitrogens with one attached hydrogen (secondary N) is 1. The van der Waals surface area contributed by atoms with Crippen molar-refractivity contribution in [1.82, 2.24) is 19.9 Å². The maximum Gasteiger partial charge on any atom is 0.188 e. The Bertz CT molecular complexity index is 731. The van der Waals surface area contributed by atoms with Crippen molar-refractivity contribution in [2.45, 2.75) is 13.0 Å². The van der Waals surface area contributed by atoms with E-state index in [4.69, 9.17) is 5.73 Å². The molecular formula is C14H16N6S. The van der Waals surface area contributed by atoms with Crippen molar-refractivity contribution < 1.29 is 0 Å². The van der Waals surface area contributed by atoms with Gasteiger partial charge in [0.15, 0.2) is 11.6 Å². The Morgan fingerprint density at radius 1 is 1.33 bits per heavy atom. The van der Waals surface area contributed by atoms with Crippen LogP contribution in [0.15, 0.2) is 47.0 Å². The van der Waals surface area contributed by atoms with E-state index in [2.05, 4.69) is 37.9 Å². The van der Waals surface area contributed by atoms with E-state index in [-0.39, 0.29) is 0 Å². The average Bonchev–Trinajstić information content (AvgIpc) is 3.16. The third kappa shape index (κ3) is 3.38. The molecule has 0 spiro atoms. The summed E-state index contributed by atoms with van der Waals surface area (Å²) in [5.74, 6) is 0.448. The molecule has 3 aromatic rings. The number of nitrogens with two attached hydrogens (primary N) is 1. The van der Waals surface area contributed by atoms with Gasteiger partial charge >= 0.3 is 0 Å². The number of hydrogen-bond acceptors (Lipinski definition) is 4. The van der Waals surface area contributed by atoms with Crippen molar-refractivity contribution in [3.63, 3.8) is 0 Å². The molecule has 0 unspecified atom stereocenters. The Hall–Kier alpha value is -2.41. The number of fused-ring (bicyclic) bond motifs is 1. The molecule has 0 aliphatic heterocycles. The summed E-state index contributed by atoms with van der Waals surface area (Å²) < 4.78 is 1.77. The highest BCUT2D eigenvalue weighted by atomic mass is 32.1. The summed E-state index contributed by atoms with van der Waals surface area (Å²) in [6.07, 6.45) is 4.42. The third-order valence-electron chi connectivity index (χ3n) is 3.04. The highest BCUT2D eigenvalue weighted by Gasteiger charge is 2.01. The van der Waals surface area contributed by atoms with Gasteiger partial charge < -0.3 is 11.1 Å². The Labute approximate surface area is 126 Å². The summed E-state index contributed by atoms with van der Waals surface area (Å²) in [7, 11) is 0. The Morgan fingerprint density at radius 2 is 2.29 bits per heavy atom. The molecule has 3 rings (SSSR count). The minimum absolute atomic E-state index is 0.448. The van der Waals surface area contributed by atoms with E-state index >= 15 is 0 Å². The molecule has 7 heteroatoms. The van der Waals surface area contributed by atoms with Gasteiger partial charge in [0.25, 0.3) is 0 Å². The van der Waals surface area contributed by atoms with Gasteiger partial charge in [0, 0.05) is 23.7 Å². The largest absolute Gasteiger partial charge is 0.370 e. The molecule has 0 aromatic carbocycles. The molecule has 21 heavy (non-hydrogen) atoms. The molecular weight excluding hydrogens is 284 g/mol. The van der Waals surface area contributed by atoms with Crippen molar-refractivity contribution >= 4 is 22.9 Å². The van der Waals surface area contributed by atoms with Crippen LogP contribution in [0.3, 0.4) is 0 Å². The molecule has 0 amide bonds. The van der Waals surface area contributed by atoms with Crippen molar-refractivity contribution in [3.05, 3.63) is 52.6 Å². The fourth-order valence-electron chi connectivity index (χ4n) is 2.00. The van der Waals surface area contributed by atoms with Gasteiger partial charge in [-0.25, -0.2) is 14.5 Å². The quantitative estimate of drug-likeness (QED) is 0.552. The van der Waals surface area contributed by atoms with Crippen LogP contribution in [0.5, 0.6) is 0 Å². The molecule has 0 atom stereocenters. The second-order valence-corrected chi connectivity index (χ2v) is 5.53. The molecule has 0 saturated heterocycles. The van der Waals surface area contributed by atoms with E-state index in [1.807, 2.05) is 12.1 Å². The van der Waals surface area contributed by atoms with Gasteiger partial charge in [-0.15, -0.1) is 11.3 Å². The van der Waals surface area contributed by atoms with Gasteiger partial charge in [-0.3, -0.25) is 0 Å². The highest BCUT2D eigenvalue weighted by molar-refractivity contribution is 7.09. The predicted octanol–water partition coefficient (Wildman–Crippen LogP) is 1.44. The van der Waals surface area contributed by atoms with Crippen LogP contribution in [-0.2, 0) is 13.0 Å². The van der Waals surface area contributed by atoms with Crippen LogP contribution in [0.25, 0.3) is 5.65 Å². The van der Waals surface area contributed by atoms with Crippen LogP contribution in [0.1, 0.15) is 10.6 Å². The van der Waals surface area contributed by atoms with E-state index in [0.717, 1.165) is 24.3 Å². The SMILES string of the molecule is NC(=NCc1ccnc2ccnn12)NCCc1cccs1. The first-order chi connectivity index (χ1) is 10.3. The van der Waals surface area contributed by atoms with Crippen LogP contribution < -0.4 is 11.1 Å². The maximum absolute atomic E-state index is 5.88.